The van der Waals surface area contributed by atoms with Crippen molar-refractivity contribution >= 4 is 29.0 Å². The van der Waals surface area contributed by atoms with E-state index in [1.54, 1.807) is 24.3 Å². The largest absolute Gasteiger partial charge is 0.534 e. The number of benzene rings is 2. The molecule has 0 saturated carbocycles. The Hall–Kier alpha value is -2.22. The van der Waals surface area contributed by atoms with E-state index in [4.69, 9.17) is 9.47 Å². The molecule has 0 saturated heterocycles. The number of methoxy groups -OCH3 is 1. The molecule has 0 spiro atoms. The molecule has 0 atom stereocenters. The molecule has 2 aromatic rings. The minimum atomic E-state index is -5.95. The lowest BCUT2D eigenvalue weighted by Crippen LogP contribution is -2.43. The summed E-state index contributed by atoms with van der Waals surface area (Å²) in [5.41, 5.74) is -0.730. The van der Waals surface area contributed by atoms with Gasteiger partial charge in [0.25, 0.3) is 0 Å². The summed E-state index contributed by atoms with van der Waals surface area (Å²) >= 11 is 0. The first kappa shape index (κ1) is 28.0. The molecule has 0 aliphatic heterocycles. The average molecular weight is 517 g/mol. The summed E-state index contributed by atoms with van der Waals surface area (Å²) in [4.78, 5) is 0. The number of fused-ring (bicyclic) bond motifs is 1. The third-order valence-electron chi connectivity index (χ3n) is 6.05. The smallest absolute Gasteiger partial charge is 0.464 e. The van der Waals surface area contributed by atoms with Crippen LogP contribution in [0.2, 0.25) is 16.6 Å². The molecule has 34 heavy (non-hydrogen) atoms. The summed E-state index contributed by atoms with van der Waals surface area (Å²) < 4.78 is 78.2. The minimum absolute atomic E-state index is 0.135. The molecule has 10 heteroatoms. The minimum Gasteiger partial charge on any atom is -0.464 e. The van der Waals surface area contributed by atoms with Crippen molar-refractivity contribution in [1.29, 1.82) is 0 Å². The average Bonchev–Trinajstić information content (AvgIpc) is 2.71. The summed E-state index contributed by atoms with van der Waals surface area (Å²) in [7, 11) is -6.80. The summed E-state index contributed by atoms with van der Waals surface area (Å²) in [6, 6.07) is 7.95. The Kier molecular flexibility index (Phi) is 8.72. The standard InChI is InChI=1S/C24H31F3O5SSi/c1-16(2)34(17(3)4,18(5)6)14-13-20-10-8-9-19-11-12-21(31-15-30-7)23(22(19)20)32-33(28,29)24(25,26)27/h8-12,16-18H,15H2,1-7H3. The fourth-order valence-electron chi connectivity index (χ4n) is 4.52. The number of ether oxygens (including phenoxy) is 2. The van der Waals surface area contributed by atoms with Gasteiger partial charge in [0.05, 0.1) is 0 Å². The van der Waals surface area contributed by atoms with Crippen molar-refractivity contribution in [3.8, 4) is 23.0 Å². The van der Waals surface area contributed by atoms with Crippen LogP contribution >= 0.6 is 0 Å². The SMILES string of the molecule is COCOc1ccc2cccc(C#C[Si](C(C)C)(C(C)C)C(C)C)c2c1OS(=O)(=O)C(F)(F)F. The molecule has 0 unspecified atom stereocenters. The zero-order valence-electron chi connectivity index (χ0n) is 20.4. The van der Waals surface area contributed by atoms with Crippen LogP contribution in [0.3, 0.4) is 0 Å². The van der Waals surface area contributed by atoms with E-state index < -0.39 is 29.4 Å². The molecule has 0 heterocycles. The first-order valence-electron chi connectivity index (χ1n) is 10.9. The zero-order chi connectivity index (χ0) is 25.9. The van der Waals surface area contributed by atoms with E-state index in [1.807, 2.05) is 0 Å². The van der Waals surface area contributed by atoms with Crippen molar-refractivity contribution < 1.29 is 35.2 Å². The molecular weight excluding hydrogens is 485 g/mol. The predicted molar refractivity (Wildman–Crippen MR) is 130 cm³/mol. The van der Waals surface area contributed by atoms with Crippen molar-refractivity contribution in [3.63, 3.8) is 0 Å². The van der Waals surface area contributed by atoms with Crippen LogP contribution in [0.5, 0.6) is 11.5 Å². The van der Waals surface area contributed by atoms with E-state index in [0.29, 0.717) is 27.6 Å². The lowest BCUT2D eigenvalue weighted by Gasteiger charge is -2.38. The van der Waals surface area contributed by atoms with E-state index in [2.05, 4.69) is 57.2 Å². The molecule has 0 aliphatic rings. The fourth-order valence-corrected chi connectivity index (χ4v) is 10.2. The monoisotopic (exact) mass is 516 g/mol. The zero-order valence-corrected chi connectivity index (χ0v) is 22.2. The van der Waals surface area contributed by atoms with Crippen LogP contribution in [0.25, 0.3) is 10.8 Å². The van der Waals surface area contributed by atoms with Gasteiger partial charge >= 0.3 is 15.6 Å². The van der Waals surface area contributed by atoms with E-state index in [-0.39, 0.29) is 17.9 Å². The molecule has 0 radical (unpaired) electrons. The number of rotatable bonds is 8. The van der Waals surface area contributed by atoms with E-state index in [0.717, 1.165) is 0 Å². The maximum absolute atomic E-state index is 13.2. The summed E-state index contributed by atoms with van der Waals surface area (Å²) in [6.45, 7) is 12.6. The maximum atomic E-state index is 13.2. The highest BCUT2D eigenvalue weighted by Crippen LogP contribution is 2.43. The molecular formula is C24H31F3O5SSi. The lowest BCUT2D eigenvalue weighted by molar-refractivity contribution is -0.0500. The molecule has 0 N–H and O–H groups in total. The van der Waals surface area contributed by atoms with Crippen LogP contribution < -0.4 is 8.92 Å². The molecule has 5 nitrogen and oxygen atoms in total. The van der Waals surface area contributed by atoms with Crippen molar-refractivity contribution in [2.24, 2.45) is 0 Å². The van der Waals surface area contributed by atoms with Crippen LogP contribution in [0, 0.1) is 11.5 Å². The van der Waals surface area contributed by atoms with Gasteiger partial charge in [-0.2, -0.15) is 21.6 Å². The Morgan fingerprint density at radius 3 is 2.06 bits per heavy atom. The Morgan fingerprint density at radius 2 is 1.56 bits per heavy atom. The molecule has 0 fully saturated rings. The molecule has 2 rings (SSSR count). The quantitative estimate of drug-likeness (QED) is 0.130. The van der Waals surface area contributed by atoms with Gasteiger partial charge < -0.3 is 13.7 Å². The third-order valence-corrected chi connectivity index (χ3v) is 13.3. The highest BCUT2D eigenvalue weighted by atomic mass is 32.2. The lowest BCUT2D eigenvalue weighted by atomic mass is 10.0. The van der Waals surface area contributed by atoms with Crippen LogP contribution in [0.1, 0.15) is 47.1 Å². The number of hydrogen-bond acceptors (Lipinski definition) is 5. The van der Waals surface area contributed by atoms with Crippen molar-refractivity contribution in [2.45, 2.75) is 63.7 Å². The van der Waals surface area contributed by atoms with Crippen LogP contribution in [0.15, 0.2) is 30.3 Å². The van der Waals surface area contributed by atoms with E-state index in [9.17, 15) is 21.6 Å². The molecule has 2 aromatic carbocycles. The second-order valence-corrected chi connectivity index (χ2v) is 16.1. The highest BCUT2D eigenvalue weighted by molar-refractivity contribution is 7.88. The molecule has 0 bridgehead atoms. The van der Waals surface area contributed by atoms with Crippen LogP contribution in [-0.2, 0) is 14.9 Å². The van der Waals surface area contributed by atoms with Crippen LogP contribution in [0.4, 0.5) is 13.2 Å². The number of hydrogen-bond donors (Lipinski definition) is 0. The van der Waals surface area contributed by atoms with E-state index in [1.165, 1.54) is 13.2 Å². The van der Waals surface area contributed by atoms with Gasteiger partial charge in [-0.15, -0.1) is 5.54 Å². The Balaban J connectivity index is 2.87. The van der Waals surface area contributed by atoms with Crippen molar-refractivity contribution in [3.05, 3.63) is 35.9 Å². The van der Waals surface area contributed by atoms with E-state index >= 15 is 0 Å². The second-order valence-electron chi connectivity index (χ2n) is 8.98. The fraction of sp³-hybridized carbons (Fsp3) is 0.500. The Bertz CT molecular complexity index is 1160. The third kappa shape index (κ3) is 5.53. The van der Waals surface area contributed by atoms with Gasteiger partial charge in [0.1, 0.15) is 8.07 Å². The molecule has 188 valence electrons. The van der Waals surface area contributed by atoms with Gasteiger partial charge in [-0.05, 0) is 34.1 Å². The highest BCUT2D eigenvalue weighted by Gasteiger charge is 2.49. The molecule has 0 aromatic heterocycles. The van der Waals surface area contributed by atoms with Crippen molar-refractivity contribution in [1.82, 2.24) is 0 Å². The normalized spacial score (nSPS) is 12.9. The van der Waals surface area contributed by atoms with Gasteiger partial charge in [0.15, 0.2) is 18.3 Å². The first-order valence-corrected chi connectivity index (χ1v) is 14.5. The Labute approximate surface area is 200 Å². The number of alkyl halides is 3. The maximum Gasteiger partial charge on any atom is 0.534 e. The molecule has 0 aliphatic carbocycles. The van der Waals surface area contributed by atoms with Crippen LogP contribution in [-0.4, -0.2) is 35.9 Å². The first-order chi connectivity index (χ1) is 15.7. The summed E-state index contributed by atoms with van der Waals surface area (Å²) in [6.07, 6.45) is 0. The van der Waals surface area contributed by atoms with Gasteiger partial charge in [-0.3, -0.25) is 0 Å². The summed E-state index contributed by atoms with van der Waals surface area (Å²) in [5.74, 6) is 2.43. The Morgan fingerprint density at radius 1 is 0.971 bits per heavy atom. The summed E-state index contributed by atoms with van der Waals surface area (Å²) in [5, 5.41) is 0.602. The second kappa shape index (κ2) is 10.6. The van der Waals surface area contributed by atoms with Gasteiger partial charge in [0, 0.05) is 18.1 Å². The van der Waals surface area contributed by atoms with Gasteiger partial charge in [-0.25, -0.2) is 0 Å². The number of halogens is 3. The predicted octanol–water partition coefficient (Wildman–Crippen LogP) is 6.62. The molecule has 0 amide bonds. The van der Waals surface area contributed by atoms with Gasteiger partial charge in [0.2, 0.25) is 0 Å². The van der Waals surface area contributed by atoms with Gasteiger partial charge in [-0.1, -0.05) is 65.7 Å². The topological polar surface area (TPSA) is 61.8 Å². The van der Waals surface area contributed by atoms with Crippen molar-refractivity contribution in [2.75, 3.05) is 13.9 Å².